The molecule has 25 heavy (non-hydrogen) atoms. The van der Waals surface area contributed by atoms with Gasteiger partial charge in [-0.3, -0.25) is 4.40 Å². The van der Waals surface area contributed by atoms with E-state index in [4.69, 9.17) is 5.73 Å². The molecule has 0 unspecified atom stereocenters. The monoisotopic (exact) mass is 340 g/mol. The molecule has 1 fully saturated rings. The van der Waals surface area contributed by atoms with Crippen LogP contribution < -0.4 is 11.1 Å². The van der Waals surface area contributed by atoms with E-state index in [0.29, 0.717) is 34.7 Å². The van der Waals surface area contributed by atoms with Crippen molar-refractivity contribution in [1.29, 1.82) is 0 Å². The quantitative estimate of drug-likeness (QED) is 0.762. The van der Waals surface area contributed by atoms with Crippen molar-refractivity contribution in [2.24, 2.45) is 5.92 Å². The van der Waals surface area contributed by atoms with E-state index in [2.05, 4.69) is 27.2 Å². The van der Waals surface area contributed by atoms with Gasteiger partial charge < -0.3 is 11.1 Å². The number of nitrogen functional groups attached to an aromatic ring is 1. The summed E-state index contributed by atoms with van der Waals surface area (Å²) in [4.78, 5) is 13.2. The zero-order valence-electron chi connectivity index (χ0n) is 14.1. The first-order valence-corrected chi connectivity index (χ1v) is 8.62. The molecule has 6 nitrogen and oxygen atoms in total. The van der Waals surface area contributed by atoms with Crippen molar-refractivity contribution in [2.45, 2.75) is 38.6 Å². The van der Waals surface area contributed by atoms with Crippen molar-refractivity contribution in [2.75, 3.05) is 11.1 Å². The number of hydrogen-bond donors (Lipinski definition) is 2. The van der Waals surface area contributed by atoms with Crippen LogP contribution in [0.3, 0.4) is 0 Å². The minimum atomic E-state index is -0.336. The molecule has 3 heterocycles. The molecular weight excluding hydrogens is 319 g/mol. The predicted molar refractivity (Wildman–Crippen MR) is 95.6 cm³/mol. The summed E-state index contributed by atoms with van der Waals surface area (Å²) in [6.45, 7) is 2.29. The van der Waals surface area contributed by atoms with Gasteiger partial charge in [-0.05, 0) is 43.7 Å². The Morgan fingerprint density at radius 3 is 2.76 bits per heavy atom. The highest BCUT2D eigenvalue weighted by atomic mass is 19.1. The van der Waals surface area contributed by atoms with Crippen molar-refractivity contribution < 1.29 is 4.39 Å². The number of pyridine rings is 1. The molecule has 0 spiro atoms. The van der Waals surface area contributed by atoms with Gasteiger partial charge in [-0.15, -0.1) is 0 Å². The highest BCUT2D eigenvalue weighted by Crippen LogP contribution is 2.28. The van der Waals surface area contributed by atoms with Crippen molar-refractivity contribution in [1.82, 2.24) is 19.4 Å². The molecule has 0 radical (unpaired) electrons. The lowest BCUT2D eigenvalue weighted by molar-refractivity contribution is 0.361. The average molecular weight is 340 g/mol. The zero-order chi connectivity index (χ0) is 17.4. The summed E-state index contributed by atoms with van der Waals surface area (Å²) < 4.78 is 15.2. The molecule has 0 atom stereocenters. The number of hydrogen-bond acceptors (Lipinski definition) is 5. The molecule has 1 aliphatic carbocycles. The fourth-order valence-electron chi connectivity index (χ4n) is 3.35. The molecule has 0 amide bonds. The Balaban J connectivity index is 1.65. The molecule has 130 valence electrons. The average Bonchev–Trinajstić information content (AvgIpc) is 3.02. The fraction of sp³-hybridized carbons (Fsp3) is 0.389. The van der Waals surface area contributed by atoms with Gasteiger partial charge in [0, 0.05) is 12.2 Å². The minimum Gasteiger partial charge on any atom is -0.394 e. The number of aromatic nitrogens is 4. The van der Waals surface area contributed by atoms with E-state index in [1.807, 2.05) is 0 Å². The SMILES string of the molecule is CC1CCC(Nc2nc(-c3cnc4ccc(F)cn34)ncc2N)CC1. The first kappa shape index (κ1) is 15.8. The molecule has 0 bridgehead atoms. The molecule has 0 saturated heterocycles. The van der Waals surface area contributed by atoms with Crippen LogP contribution >= 0.6 is 0 Å². The van der Waals surface area contributed by atoms with Gasteiger partial charge in [0.2, 0.25) is 0 Å². The van der Waals surface area contributed by atoms with E-state index in [-0.39, 0.29) is 5.82 Å². The van der Waals surface area contributed by atoms with Crippen LogP contribution in [0.2, 0.25) is 0 Å². The molecule has 3 N–H and O–H groups in total. The van der Waals surface area contributed by atoms with Crippen LogP contribution in [0.1, 0.15) is 32.6 Å². The first-order chi connectivity index (χ1) is 12.1. The summed E-state index contributed by atoms with van der Waals surface area (Å²) in [7, 11) is 0. The third-order valence-electron chi connectivity index (χ3n) is 4.87. The molecular formula is C18H21FN6. The van der Waals surface area contributed by atoms with Crippen LogP contribution in [0.5, 0.6) is 0 Å². The summed E-state index contributed by atoms with van der Waals surface area (Å²) in [6, 6.07) is 3.38. The second-order valence-corrected chi connectivity index (χ2v) is 6.82. The van der Waals surface area contributed by atoms with Crippen LogP contribution in [0, 0.1) is 11.7 Å². The van der Waals surface area contributed by atoms with Gasteiger partial charge in [0.05, 0.1) is 18.1 Å². The maximum absolute atomic E-state index is 13.6. The van der Waals surface area contributed by atoms with Gasteiger partial charge in [-0.25, -0.2) is 19.3 Å². The highest BCUT2D eigenvalue weighted by Gasteiger charge is 2.20. The van der Waals surface area contributed by atoms with Crippen molar-refractivity contribution in [3.05, 3.63) is 36.5 Å². The third kappa shape index (κ3) is 3.14. The molecule has 0 aliphatic heterocycles. The normalized spacial score (nSPS) is 20.7. The Hall–Kier alpha value is -2.70. The van der Waals surface area contributed by atoms with Crippen LogP contribution in [0.25, 0.3) is 17.2 Å². The number of anilines is 2. The van der Waals surface area contributed by atoms with E-state index >= 15 is 0 Å². The second kappa shape index (κ2) is 6.31. The number of imidazole rings is 1. The number of nitrogens with one attached hydrogen (secondary N) is 1. The van der Waals surface area contributed by atoms with Crippen LogP contribution in [0.15, 0.2) is 30.7 Å². The number of halogens is 1. The van der Waals surface area contributed by atoms with Crippen molar-refractivity contribution >= 4 is 17.2 Å². The summed E-state index contributed by atoms with van der Waals surface area (Å²) in [5.41, 5.74) is 7.85. The Morgan fingerprint density at radius 2 is 1.96 bits per heavy atom. The van der Waals surface area contributed by atoms with Gasteiger partial charge in [0.15, 0.2) is 11.6 Å². The fourth-order valence-corrected chi connectivity index (χ4v) is 3.35. The first-order valence-electron chi connectivity index (χ1n) is 8.62. The van der Waals surface area contributed by atoms with Crippen LogP contribution in [0.4, 0.5) is 15.9 Å². The number of rotatable bonds is 3. The molecule has 3 aromatic heterocycles. The molecule has 1 saturated carbocycles. The zero-order valence-corrected chi connectivity index (χ0v) is 14.1. The molecule has 1 aliphatic rings. The summed E-state index contributed by atoms with van der Waals surface area (Å²) in [5.74, 6) is 1.55. The van der Waals surface area contributed by atoms with E-state index in [1.165, 1.54) is 25.1 Å². The topological polar surface area (TPSA) is 81.1 Å². The van der Waals surface area contributed by atoms with Gasteiger partial charge in [0.25, 0.3) is 0 Å². The number of nitrogens with two attached hydrogens (primary N) is 1. The molecule has 0 aromatic carbocycles. The van der Waals surface area contributed by atoms with Gasteiger partial charge >= 0.3 is 0 Å². The largest absolute Gasteiger partial charge is 0.394 e. The van der Waals surface area contributed by atoms with E-state index in [9.17, 15) is 4.39 Å². The smallest absolute Gasteiger partial charge is 0.180 e. The van der Waals surface area contributed by atoms with Crippen LogP contribution in [-0.4, -0.2) is 25.4 Å². The van der Waals surface area contributed by atoms with Crippen molar-refractivity contribution in [3.8, 4) is 11.5 Å². The predicted octanol–water partition coefficient (Wildman–Crippen LogP) is 3.50. The summed E-state index contributed by atoms with van der Waals surface area (Å²) in [5, 5.41) is 3.45. The van der Waals surface area contributed by atoms with Gasteiger partial charge in [-0.2, -0.15) is 0 Å². The lowest BCUT2D eigenvalue weighted by Gasteiger charge is -2.27. The lowest BCUT2D eigenvalue weighted by Crippen LogP contribution is -2.26. The van der Waals surface area contributed by atoms with Gasteiger partial charge in [-0.1, -0.05) is 6.92 Å². The molecule has 7 heteroatoms. The minimum absolute atomic E-state index is 0.336. The Labute approximate surface area is 145 Å². The Kier molecular flexibility index (Phi) is 3.99. The van der Waals surface area contributed by atoms with Gasteiger partial charge in [0.1, 0.15) is 17.2 Å². The maximum Gasteiger partial charge on any atom is 0.180 e. The highest BCUT2D eigenvalue weighted by molar-refractivity contribution is 5.65. The van der Waals surface area contributed by atoms with E-state index in [1.54, 1.807) is 22.9 Å². The third-order valence-corrected chi connectivity index (χ3v) is 4.87. The Morgan fingerprint density at radius 1 is 1.16 bits per heavy atom. The Bertz CT molecular complexity index is 898. The molecule has 3 aromatic rings. The summed E-state index contributed by atoms with van der Waals surface area (Å²) >= 11 is 0. The number of nitrogens with zero attached hydrogens (tertiary/aromatic N) is 4. The van der Waals surface area contributed by atoms with Crippen molar-refractivity contribution in [3.63, 3.8) is 0 Å². The standard InChI is InChI=1S/C18H21FN6/c1-11-2-5-13(6-3-11)23-17-14(20)8-22-18(24-17)15-9-21-16-7-4-12(19)10-25(15)16/h4,7-11,13H,2-3,5-6,20H2,1H3,(H,22,23,24). The van der Waals surface area contributed by atoms with E-state index in [0.717, 1.165) is 18.8 Å². The van der Waals surface area contributed by atoms with E-state index < -0.39 is 0 Å². The molecule has 4 rings (SSSR count). The van der Waals surface area contributed by atoms with Crippen LogP contribution in [-0.2, 0) is 0 Å². The summed E-state index contributed by atoms with van der Waals surface area (Å²) in [6.07, 6.45) is 9.26. The number of fused-ring (bicyclic) bond motifs is 1. The second-order valence-electron chi connectivity index (χ2n) is 6.82. The maximum atomic E-state index is 13.6. The lowest BCUT2D eigenvalue weighted by atomic mass is 9.87.